The zero-order chi connectivity index (χ0) is 11.4. The molecule has 1 amide bonds. The van der Waals surface area contributed by atoms with Gasteiger partial charge in [0, 0.05) is 17.3 Å². The molecule has 0 spiro atoms. The van der Waals surface area contributed by atoms with E-state index in [0.29, 0.717) is 6.42 Å². The van der Waals surface area contributed by atoms with Gasteiger partial charge in [0.15, 0.2) is 0 Å². The van der Waals surface area contributed by atoms with Gasteiger partial charge in [-0.2, -0.15) is 0 Å². The van der Waals surface area contributed by atoms with Crippen LogP contribution in [0.25, 0.3) is 0 Å². The fourth-order valence-corrected chi connectivity index (χ4v) is 2.29. The smallest absolute Gasteiger partial charge is 0.222 e. The second-order valence-corrected chi connectivity index (χ2v) is 5.36. The molecule has 1 heterocycles. The number of thiophene rings is 1. The van der Waals surface area contributed by atoms with Crippen molar-refractivity contribution in [1.82, 2.24) is 5.32 Å². The molecule has 1 rings (SSSR count). The molecule has 2 atom stereocenters. The maximum absolute atomic E-state index is 11.4. The Morgan fingerprint density at radius 1 is 1.60 bits per heavy atom. The zero-order valence-electron chi connectivity index (χ0n) is 8.79. The van der Waals surface area contributed by atoms with Crippen molar-refractivity contribution in [2.24, 2.45) is 5.73 Å². The molecule has 84 valence electrons. The van der Waals surface area contributed by atoms with Crippen molar-refractivity contribution < 1.29 is 4.79 Å². The van der Waals surface area contributed by atoms with Gasteiger partial charge in [-0.3, -0.25) is 4.79 Å². The number of hydrogen-bond donors (Lipinski definition) is 2. The normalized spacial score (nSPS) is 14.7. The Bertz CT molecular complexity index is 338. The van der Waals surface area contributed by atoms with E-state index in [4.69, 9.17) is 17.3 Å². The van der Waals surface area contributed by atoms with Crippen LogP contribution in [0.4, 0.5) is 0 Å². The highest BCUT2D eigenvalue weighted by Crippen LogP contribution is 2.26. The average molecular weight is 247 g/mol. The lowest BCUT2D eigenvalue weighted by Gasteiger charge is -2.13. The van der Waals surface area contributed by atoms with Gasteiger partial charge < -0.3 is 11.1 Å². The predicted molar refractivity (Wildman–Crippen MR) is 64.2 cm³/mol. The van der Waals surface area contributed by atoms with E-state index >= 15 is 0 Å². The molecule has 0 radical (unpaired) electrons. The van der Waals surface area contributed by atoms with Crippen LogP contribution in [-0.2, 0) is 4.79 Å². The van der Waals surface area contributed by atoms with Crippen molar-refractivity contribution in [2.45, 2.75) is 32.4 Å². The van der Waals surface area contributed by atoms with Crippen LogP contribution in [0.2, 0.25) is 4.34 Å². The van der Waals surface area contributed by atoms with Crippen LogP contribution < -0.4 is 11.1 Å². The molecule has 5 heteroatoms. The molecular weight excluding hydrogens is 232 g/mol. The molecule has 0 fully saturated rings. The van der Waals surface area contributed by atoms with Crippen molar-refractivity contribution in [3.05, 3.63) is 21.3 Å². The first kappa shape index (κ1) is 12.5. The van der Waals surface area contributed by atoms with Gasteiger partial charge in [0.1, 0.15) is 0 Å². The maximum Gasteiger partial charge on any atom is 0.222 e. The Labute approximate surface area is 98.6 Å². The minimum absolute atomic E-state index is 0.00579. The largest absolute Gasteiger partial charge is 0.349 e. The molecule has 3 N–H and O–H groups in total. The molecule has 0 aliphatic rings. The number of halogens is 1. The van der Waals surface area contributed by atoms with Crippen LogP contribution in [0, 0.1) is 0 Å². The lowest BCUT2D eigenvalue weighted by atomic mass is 10.2. The third-order valence-corrected chi connectivity index (χ3v) is 3.32. The van der Waals surface area contributed by atoms with Gasteiger partial charge in [0.25, 0.3) is 0 Å². The van der Waals surface area contributed by atoms with Crippen LogP contribution in [-0.4, -0.2) is 11.9 Å². The summed E-state index contributed by atoms with van der Waals surface area (Å²) in [6.07, 6.45) is 0.351. The molecule has 0 aliphatic heterocycles. The minimum atomic E-state index is -0.107. The standard InChI is InChI=1S/C10H15ClN2OS/c1-6(12)5-10(14)13-7(2)8-3-4-9(11)15-8/h3-4,6-7H,5,12H2,1-2H3,(H,13,14). The van der Waals surface area contributed by atoms with Gasteiger partial charge in [0.05, 0.1) is 10.4 Å². The summed E-state index contributed by atoms with van der Waals surface area (Å²) in [5, 5.41) is 2.87. The lowest BCUT2D eigenvalue weighted by molar-refractivity contribution is -0.121. The van der Waals surface area contributed by atoms with E-state index in [0.717, 1.165) is 9.21 Å². The summed E-state index contributed by atoms with van der Waals surface area (Å²) in [7, 11) is 0. The number of nitrogens with two attached hydrogens (primary N) is 1. The van der Waals surface area contributed by atoms with Crippen molar-refractivity contribution in [3.63, 3.8) is 0 Å². The number of hydrogen-bond acceptors (Lipinski definition) is 3. The maximum atomic E-state index is 11.4. The summed E-state index contributed by atoms with van der Waals surface area (Å²) in [6.45, 7) is 3.74. The molecule has 15 heavy (non-hydrogen) atoms. The average Bonchev–Trinajstić information content (AvgIpc) is 2.49. The highest BCUT2D eigenvalue weighted by molar-refractivity contribution is 7.16. The molecule has 1 aromatic rings. The lowest BCUT2D eigenvalue weighted by Crippen LogP contribution is -2.31. The van der Waals surface area contributed by atoms with E-state index in [2.05, 4.69) is 5.32 Å². The van der Waals surface area contributed by atoms with Gasteiger partial charge in [0.2, 0.25) is 5.91 Å². The molecule has 0 bridgehead atoms. The molecule has 3 nitrogen and oxygen atoms in total. The summed E-state index contributed by atoms with van der Waals surface area (Å²) in [6, 6.07) is 3.64. The minimum Gasteiger partial charge on any atom is -0.349 e. The molecule has 0 aliphatic carbocycles. The highest BCUT2D eigenvalue weighted by atomic mass is 35.5. The number of carbonyl (C=O) groups is 1. The Hall–Kier alpha value is -0.580. The van der Waals surface area contributed by atoms with Crippen LogP contribution in [0.15, 0.2) is 12.1 Å². The Morgan fingerprint density at radius 3 is 2.73 bits per heavy atom. The topological polar surface area (TPSA) is 55.1 Å². The quantitative estimate of drug-likeness (QED) is 0.857. The van der Waals surface area contributed by atoms with Crippen LogP contribution in [0.1, 0.15) is 31.2 Å². The van der Waals surface area contributed by atoms with Crippen LogP contribution in [0.3, 0.4) is 0 Å². The van der Waals surface area contributed by atoms with E-state index in [1.807, 2.05) is 26.0 Å². The summed E-state index contributed by atoms with van der Waals surface area (Å²) >= 11 is 7.29. The van der Waals surface area contributed by atoms with Gasteiger partial charge >= 0.3 is 0 Å². The van der Waals surface area contributed by atoms with Crippen molar-refractivity contribution in [2.75, 3.05) is 0 Å². The second kappa shape index (κ2) is 5.49. The Morgan fingerprint density at radius 2 is 2.27 bits per heavy atom. The van der Waals surface area contributed by atoms with Gasteiger partial charge in [-0.05, 0) is 26.0 Å². The first-order chi connectivity index (χ1) is 6.99. The molecule has 0 aromatic carbocycles. The first-order valence-corrected chi connectivity index (χ1v) is 5.98. The van der Waals surface area contributed by atoms with Crippen LogP contribution >= 0.6 is 22.9 Å². The van der Waals surface area contributed by atoms with Gasteiger partial charge in [-0.15, -0.1) is 11.3 Å². The van der Waals surface area contributed by atoms with Gasteiger partial charge in [-0.25, -0.2) is 0 Å². The number of carbonyl (C=O) groups excluding carboxylic acids is 1. The van der Waals surface area contributed by atoms with Gasteiger partial charge in [-0.1, -0.05) is 11.6 Å². The van der Waals surface area contributed by atoms with E-state index in [1.54, 1.807) is 0 Å². The van der Waals surface area contributed by atoms with Crippen LogP contribution in [0.5, 0.6) is 0 Å². The van der Waals surface area contributed by atoms with Crippen molar-refractivity contribution in [3.8, 4) is 0 Å². The third kappa shape index (κ3) is 4.20. The van der Waals surface area contributed by atoms with E-state index in [-0.39, 0.29) is 18.0 Å². The molecule has 0 saturated carbocycles. The monoisotopic (exact) mass is 246 g/mol. The predicted octanol–water partition coefficient (Wildman–Crippen LogP) is 2.32. The molecule has 0 saturated heterocycles. The number of rotatable bonds is 4. The Balaban J connectivity index is 2.48. The molecule has 2 unspecified atom stereocenters. The van der Waals surface area contributed by atoms with Crippen molar-refractivity contribution in [1.29, 1.82) is 0 Å². The first-order valence-electron chi connectivity index (χ1n) is 4.79. The molecule has 1 aromatic heterocycles. The SMILES string of the molecule is CC(N)CC(=O)NC(C)c1ccc(Cl)s1. The Kier molecular flexibility index (Phi) is 4.57. The summed E-state index contributed by atoms with van der Waals surface area (Å²) in [5.74, 6) is -0.0259. The summed E-state index contributed by atoms with van der Waals surface area (Å²) in [5.41, 5.74) is 5.53. The fraction of sp³-hybridized carbons (Fsp3) is 0.500. The summed E-state index contributed by atoms with van der Waals surface area (Å²) < 4.78 is 0.735. The number of amides is 1. The summed E-state index contributed by atoms with van der Waals surface area (Å²) in [4.78, 5) is 12.5. The molecular formula is C10H15ClN2OS. The second-order valence-electron chi connectivity index (χ2n) is 3.61. The fourth-order valence-electron chi connectivity index (χ4n) is 1.22. The van der Waals surface area contributed by atoms with E-state index < -0.39 is 0 Å². The third-order valence-electron chi connectivity index (χ3n) is 1.91. The van der Waals surface area contributed by atoms with E-state index in [9.17, 15) is 4.79 Å². The van der Waals surface area contributed by atoms with Crippen molar-refractivity contribution >= 4 is 28.8 Å². The zero-order valence-corrected chi connectivity index (χ0v) is 10.4. The highest BCUT2D eigenvalue weighted by Gasteiger charge is 2.12. The number of nitrogens with one attached hydrogen (secondary N) is 1. The van der Waals surface area contributed by atoms with E-state index in [1.165, 1.54) is 11.3 Å².